The molecule has 5 rings (SSSR count). The van der Waals surface area contributed by atoms with Gasteiger partial charge < -0.3 is 9.80 Å². The number of alkyl halides is 2. The van der Waals surface area contributed by atoms with Gasteiger partial charge in [0.1, 0.15) is 23.3 Å². The van der Waals surface area contributed by atoms with Crippen LogP contribution in [0.1, 0.15) is 19.8 Å². The van der Waals surface area contributed by atoms with Gasteiger partial charge in [-0.15, -0.1) is 11.8 Å². The van der Waals surface area contributed by atoms with Crippen molar-refractivity contribution in [2.75, 3.05) is 30.3 Å². The molecule has 0 aliphatic carbocycles. The highest BCUT2D eigenvalue weighted by Crippen LogP contribution is 2.47. The maximum absolute atomic E-state index is 14.8. The number of aromatic nitrogens is 2. The molecule has 1 amide bonds. The molecule has 3 heterocycles. The van der Waals surface area contributed by atoms with Gasteiger partial charge in [-0.1, -0.05) is 11.6 Å². The van der Waals surface area contributed by atoms with Gasteiger partial charge in [0.25, 0.3) is 0 Å². The third kappa shape index (κ3) is 4.72. The number of carbonyl (C=O) groups is 1. The predicted octanol–water partition coefficient (Wildman–Crippen LogP) is 5.32. The Bertz CT molecular complexity index is 1480. The van der Waals surface area contributed by atoms with Crippen LogP contribution in [0.2, 0.25) is 5.02 Å². The summed E-state index contributed by atoms with van der Waals surface area (Å²) >= 11 is 7.89. The summed E-state index contributed by atoms with van der Waals surface area (Å²) in [6.45, 7) is 2.92. The van der Waals surface area contributed by atoms with Crippen molar-refractivity contribution in [3.05, 3.63) is 51.2 Å². The predicted molar refractivity (Wildman–Crippen MR) is 136 cm³/mol. The number of hydrogen-bond acceptors (Lipinski definition) is 5. The third-order valence-corrected chi connectivity index (χ3v) is 8.17. The molecule has 0 unspecified atom stereocenters. The van der Waals surface area contributed by atoms with Crippen molar-refractivity contribution in [3.8, 4) is 11.1 Å². The van der Waals surface area contributed by atoms with Crippen LogP contribution < -0.4 is 10.6 Å². The third-order valence-electron chi connectivity index (χ3n) is 6.80. The fraction of sp³-hybridized carbons (Fsp3) is 0.400. The smallest absolute Gasteiger partial charge is 0.350 e. The summed E-state index contributed by atoms with van der Waals surface area (Å²) < 4.78 is 69.7. The first kappa shape index (κ1) is 26.7. The second-order valence-corrected chi connectivity index (χ2v) is 10.7. The molecule has 6 nitrogen and oxygen atoms in total. The number of hydrogen-bond donors (Lipinski definition) is 0. The molecule has 0 saturated carbocycles. The Balaban J connectivity index is 1.60. The summed E-state index contributed by atoms with van der Waals surface area (Å²) in [5, 5.41) is 0.501. The Labute approximate surface area is 223 Å². The lowest BCUT2D eigenvalue weighted by atomic mass is 10.0. The fourth-order valence-electron chi connectivity index (χ4n) is 5.07. The van der Waals surface area contributed by atoms with E-state index in [4.69, 9.17) is 11.6 Å². The van der Waals surface area contributed by atoms with Crippen LogP contribution in [-0.2, 0) is 11.3 Å². The van der Waals surface area contributed by atoms with Gasteiger partial charge in [-0.05, 0) is 13.0 Å². The Hall–Kier alpha value is -2.86. The van der Waals surface area contributed by atoms with E-state index in [1.165, 1.54) is 27.3 Å². The SMILES string of the molecule is C[C@H]1CN(C(=O)CCC(F)F)CCN1c1nc(=O)n2c3c(c(-c4c(F)cc(F)cc4F)c(Cl)cc13)SCC2. The van der Waals surface area contributed by atoms with Crippen LogP contribution in [0.5, 0.6) is 0 Å². The van der Waals surface area contributed by atoms with E-state index in [1.54, 1.807) is 0 Å². The van der Waals surface area contributed by atoms with Crippen molar-refractivity contribution in [3.63, 3.8) is 0 Å². The molecule has 38 heavy (non-hydrogen) atoms. The Morgan fingerprint density at radius 2 is 1.84 bits per heavy atom. The number of anilines is 1. The fourth-order valence-corrected chi connectivity index (χ4v) is 6.62. The summed E-state index contributed by atoms with van der Waals surface area (Å²) in [4.78, 5) is 33.5. The highest BCUT2D eigenvalue weighted by atomic mass is 35.5. The zero-order chi connectivity index (χ0) is 27.3. The van der Waals surface area contributed by atoms with Crippen molar-refractivity contribution in [1.29, 1.82) is 0 Å². The van der Waals surface area contributed by atoms with Gasteiger partial charge in [0.05, 0.1) is 16.1 Å². The second kappa shape index (κ2) is 10.4. The zero-order valence-electron chi connectivity index (χ0n) is 20.1. The van der Waals surface area contributed by atoms with Crippen LogP contribution in [0.4, 0.5) is 27.8 Å². The number of nitrogens with zero attached hydrogens (tertiary/aromatic N) is 4. The maximum Gasteiger partial charge on any atom is 0.350 e. The average Bonchev–Trinajstić information content (AvgIpc) is 2.85. The number of carbonyl (C=O) groups excluding carboxylic acids is 1. The van der Waals surface area contributed by atoms with E-state index >= 15 is 0 Å². The second-order valence-electron chi connectivity index (χ2n) is 9.23. The van der Waals surface area contributed by atoms with Gasteiger partial charge in [-0.25, -0.2) is 26.7 Å². The van der Waals surface area contributed by atoms with Crippen LogP contribution in [0.15, 0.2) is 27.9 Å². The molecule has 0 spiro atoms. The number of thioether (sulfide) groups is 1. The summed E-state index contributed by atoms with van der Waals surface area (Å²) in [6.07, 6.45) is -3.32. The Morgan fingerprint density at radius 3 is 2.50 bits per heavy atom. The van der Waals surface area contributed by atoms with Crippen molar-refractivity contribution >= 4 is 46.0 Å². The number of benzene rings is 2. The molecule has 0 N–H and O–H groups in total. The summed E-state index contributed by atoms with van der Waals surface area (Å²) in [6, 6.07) is 2.34. The van der Waals surface area contributed by atoms with Gasteiger partial charge in [0.2, 0.25) is 12.3 Å². The van der Waals surface area contributed by atoms with E-state index in [1.807, 2.05) is 11.8 Å². The van der Waals surface area contributed by atoms with Crippen LogP contribution in [0, 0.1) is 17.5 Å². The first-order valence-electron chi connectivity index (χ1n) is 11.9. The van der Waals surface area contributed by atoms with Crippen molar-refractivity contribution < 1.29 is 26.7 Å². The molecule has 2 aromatic carbocycles. The lowest BCUT2D eigenvalue weighted by molar-refractivity contribution is -0.132. The largest absolute Gasteiger partial charge is 0.350 e. The molecule has 1 atom stereocenters. The molecule has 1 fully saturated rings. The number of rotatable bonds is 5. The summed E-state index contributed by atoms with van der Waals surface area (Å²) in [5.74, 6) is -2.92. The molecule has 0 radical (unpaired) electrons. The van der Waals surface area contributed by atoms with Crippen LogP contribution >= 0.6 is 23.4 Å². The monoisotopic (exact) mass is 572 g/mol. The topological polar surface area (TPSA) is 58.4 Å². The molecular weight excluding hydrogens is 551 g/mol. The van der Waals surface area contributed by atoms with Crippen molar-refractivity contribution in [2.45, 2.75) is 43.7 Å². The van der Waals surface area contributed by atoms with E-state index in [-0.39, 0.29) is 48.6 Å². The molecule has 13 heteroatoms. The molecule has 0 bridgehead atoms. The standard InChI is InChI=1S/C25H22ClF5N4O2S/c1-12-11-33(19(36)3-2-18(30)31)4-5-34(12)24-14-10-15(26)20(21-16(28)8-13(27)9-17(21)29)23-22(14)35(6-7-38-23)25(37)32-24/h8-10,12,18H,2-7,11H2,1H3/t12-/m0/s1. The summed E-state index contributed by atoms with van der Waals surface area (Å²) in [7, 11) is 0. The lowest BCUT2D eigenvalue weighted by Crippen LogP contribution is -2.54. The summed E-state index contributed by atoms with van der Waals surface area (Å²) in [5.41, 5.74) is -0.581. The Morgan fingerprint density at radius 1 is 1.13 bits per heavy atom. The molecule has 2 aliphatic heterocycles. The first-order valence-corrected chi connectivity index (χ1v) is 13.3. The van der Waals surface area contributed by atoms with Crippen LogP contribution in [-0.4, -0.2) is 58.2 Å². The van der Waals surface area contributed by atoms with Crippen LogP contribution in [0.25, 0.3) is 22.0 Å². The molecule has 1 aromatic heterocycles. The van der Waals surface area contributed by atoms with E-state index in [0.29, 0.717) is 46.0 Å². The Kier molecular flexibility index (Phi) is 7.29. The number of aryl methyl sites for hydroxylation is 1. The molecular formula is C25H22ClF5N4O2S. The number of halogens is 6. The minimum Gasteiger partial charge on any atom is -0.350 e. The average molecular weight is 573 g/mol. The highest BCUT2D eigenvalue weighted by molar-refractivity contribution is 7.99. The van der Waals surface area contributed by atoms with Crippen LogP contribution in [0.3, 0.4) is 0 Å². The van der Waals surface area contributed by atoms with Gasteiger partial charge in [-0.3, -0.25) is 9.36 Å². The van der Waals surface area contributed by atoms with Gasteiger partial charge in [0, 0.05) is 78.8 Å². The number of piperazine rings is 1. The van der Waals surface area contributed by atoms with Crippen molar-refractivity contribution in [1.82, 2.24) is 14.5 Å². The van der Waals surface area contributed by atoms with E-state index in [9.17, 15) is 31.5 Å². The van der Waals surface area contributed by atoms with Gasteiger partial charge in [-0.2, -0.15) is 4.98 Å². The normalized spacial score (nSPS) is 17.5. The first-order chi connectivity index (χ1) is 18.1. The van der Waals surface area contributed by atoms with Gasteiger partial charge in [0.15, 0.2) is 0 Å². The van der Waals surface area contributed by atoms with E-state index in [2.05, 4.69) is 4.98 Å². The molecule has 202 valence electrons. The molecule has 1 saturated heterocycles. The number of amides is 1. The van der Waals surface area contributed by atoms with E-state index < -0.39 is 41.6 Å². The highest BCUT2D eigenvalue weighted by Gasteiger charge is 2.32. The maximum atomic E-state index is 14.8. The zero-order valence-corrected chi connectivity index (χ0v) is 21.7. The quantitative estimate of drug-likeness (QED) is 0.387. The molecule has 2 aliphatic rings. The lowest BCUT2D eigenvalue weighted by Gasteiger charge is -2.41. The molecule has 3 aromatic rings. The minimum absolute atomic E-state index is 0.00743. The minimum atomic E-state index is -2.56. The van der Waals surface area contributed by atoms with E-state index in [0.717, 1.165) is 0 Å². The van der Waals surface area contributed by atoms with Crippen molar-refractivity contribution in [2.24, 2.45) is 0 Å². The van der Waals surface area contributed by atoms with Gasteiger partial charge >= 0.3 is 5.69 Å².